The Morgan fingerprint density at radius 3 is 2.74 bits per heavy atom. The minimum Gasteiger partial charge on any atom is -0.494 e. The molecule has 0 saturated carbocycles. The molecule has 0 spiro atoms. The number of amides is 2. The second-order valence-corrected chi connectivity index (χ2v) is 6.46. The quantitative estimate of drug-likeness (QED) is 0.714. The van der Waals surface area contributed by atoms with Crippen molar-refractivity contribution in [3.8, 4) is 11.4 Å². The SMILES string of the molecule is CCOc1ccc(-n2nnc(C)c2C(=O)NCCCN2CCCC2=O)cc1. The molecule has 1 aromatic carbocycles. The first-order valence-corrected chi connectivity index (χ1v) is 9.31. The molecule has 8 heteroatoms. The molecular formula is C19H25N5O3. The molecule has 1 aliphatic heterocycles. The Labute approximate surface area is 158 Å². The van der Waals surface area contributed by atoms with E-state index in [9.17, 15) is 9.59 Å². The summed E-state index contributed by atoms with van der Waals surface area (Å²) >= 11 is 0. The predicted octanol–water partition coefficient (Wildman–Crippen LogP) is 1.72. The number of carbonyl (C=O) groups excluding carboxylic acids is 2. The Bertz CT molecular complexity index is 800. The summed E-state index contributed by atoms with van der Waals surface area (Å²) in [6.45, 7) is 6.27. The number of aryl methyl sites for hydroxylation is 1. The number of rotatable bonds is 8. The van der Waals surface area contributed by atoms with E-state index in [1.807, 2.05) is 36.1 Å². The number of carbonyl (C=O) groups is 2. The van der Waals surface area contributed by atoms with Gasteiger partial charge in [0.05, 0.1) is 18.0 Å². The molecule has 2 heterocycles. The van der Waals surface area contributed by atoms with E-state index in [0.29, 0.717) is 37.5 Å². The molecule has 0 aliphatic carbocycles. The van der Waals surface area contributed by atoms with Gasteiger partial charge >= 0.3 is 0 Å². The van der Waals surface area contributed by atoms with Crippen molar-refractivity contribution in [2.45, 2.75) is 33.1 Å². The van der Waals surface area contributed by atoms with Crippen molar-refractivity contribution in [2.75, 3.05) is 26.2 Å². The lowest BCUT2D eigenvalue weighted by atomic mass is 10.2. The minimum absolute atomic E-state index is 0.204. The zero-order chi connectivity index (χ0) is 19.2. The van der Waals surface area contributed by atoms with Crippen LogP contribution in [0.1, 0.15) is 42.4 Å². The maximum Gasteiger partial charge on any atom is 0.271 e. The van der Waals surface area contributed by atoms with Gasteiger partial charge in [0.1, 0.15) is 5.75 Å². The highest BCUT2D eigenvalue weighted by molar-refractivity contribution is 5.94. The van der Waals surface area contributed by atoms with E-state index in [1.165, 1.54) is 4.68 Å². The van der Waals surface area contributed by atoms with Crippen molar-refractivity contribution in [1.82, 2.24) is 25.2 Å². The number of nitrogens with zero attached hydrogens (tertiary/aromatic N) is 4. The van der Waals surface area contributed by atoms with E-state index in [-0.39, 0.29) is 11.8 Å². The predicted molar refractivity (Wildman–Crippen MR) is 100 cm³/mol. The van der Waals surface area contributed by atoms with Gasteiger partial charge in [-0.15, -0.1) is 5.10 Å². The summed E-state index contributed by atoms with van der Waals surface area (Å²) in [6, 6.07) is 7.36. The number of aromatic nitrogens is 3. The average Bonchev–Trinajstić information content (AvgIpc) is 3.25. The first kappa shape index (κ1) is 18.9. The molecule has 27 heavy (non-hydrogen) atoms. The highest BCUT2D eigenvalue weighted by Gasteiger charge is 2.21. The second-order valence-electron chi connectivity index (χ2n) is 6.46. The van der Waals surface area contributed by atoms with Gasteiger partial charge < -0.3 is 15.0 Å². The van der Waals surface area contributed by atoms with E-state index < -0.39 is 0 Å². The van der Waals surface area contributed by atoms with E-state index in [0.717, 1.165) is 30.8 Å². The maximum atomic E-state index is 12.6. The fourth-order valence-electron chi connectivity index (χ4n) is 3.14. The number of hydrogen-bond donors (Lipinski definition) is 1. The van der Waals surface area contributed by atoms with Crippen molar-refractivity contribution in [1.29, 1.82) is 0 Å². The van der Waals surface area contributed by atoms with Crippen LogP contribution in [-0.4, -0.2) is 57.9 Å². The summed E-state index contributed by atoms with van der Waals surface area (Å²) in [6.07, 6.45) is 2.29. The van der Waals surface area contributed by atoms with Crippen molar-refractivity contribution in [3.63, 3.8) is 0 Å². The number of nitrogens with one attached hydrogen (secondary N) is 1. The minimum atomic E-state index is -0.223. The molecule has 144 valence electrons. The van der Waals surface area contributed by atoms with Crippen LogP contribution in [0.25, 0.3) is 5.69 Å². The standard InChI is InChI=1S/C19H25N5O3/c1-3-27-16-9-7-15(8-10-16)24-18(14(2)21-22-24)19(26)20-11-5-13-23-12-4-6-17(23)25/h7-10H,3-6,11-13H2,1-2H3,(H,20,26). The van der Waals surface area contributed by atoms with Crippen LogP contribution in [0.4, 0.5) is 0 Å². The molecule has 0 unspecified atom stereocenters. The zero-order valence-corrected chi connectivity index (χ0v) is 15.8. The Kier molecular flexibility index (Phi) is 6.05. The van der Waals surface area contributed by atoms with Gasteiger partial charge in [0, 0.05) is 26.1 Å². The third-order valence-corrected chi connectivity index (χ3v) is 4.51. The van der Waals surface area contributed by atoms with Crippen LogP contribution in [0.3, 0.4) is 0 Å². The summed E-state index contributed by atoms with van der Waals surface area (Å²) < 4.78 is 6.97. The zero-order valence-electron chi connectivity index (χ0n) is 15.8. The highest BCUT2D eigenvalue weighted by atomic mass is 16.5. The first-order valence-electron chi connectivity index (χ1n) is 9.31. The number of benzene rings is 1. The molecule has 2 amide bonds. The molecule has 0 radical (unpaired) electrons. The Morgan fingerprint density at radius 1 is 1.30 bits per heavy atom. The number of likely N-dealkylation sites (tertiary alicyclic amines) is 1. The molecule has 1 saturated heterocycles. The molecule has 0 bridgehead atoms. The van der Waals surface area contributed by atoms with Crippen LogP contribution in [0, 0.1) is 6.92 Å². The van der Waals surface area contributed by atoms with Crippen LogP contribution in [0.15, 0.2) is 24.3 Å². The average molecular weight is 371 g/mol. The van der Waals surface area contributed by atoms with Crippen molar-refractivity contribution in [3.05, 3.63) is 35.7 Å². The summed E-state index contributed by atoms with van der Waals surface area (Å²) in [7, 11) is 0. The van der Waals surface area contributed by atoms with Crippen LogP contribution in [-0.2, 0) is 4.79 Å². The van der Waals surface area contributed by atoms with Gasteiger partial charge in [0.25, 0.3) is 5.91 Å². The summed E-state index contributed by atoms with van der Waals surface area (Å²) in [5.41, 5.74) is 1.72. The Morgan fingerprint density at radius 2 is 2.07 bits per heavy atom. The molecule has 3 rings (SSSR count). The smallest absolute Gasteiger partial charge is 0.271 e. The van der Waals surface area contributed by atoms with Gasteiger partial charge in [-0.1, -0.05) is 5.21 Å². The Balaban J connectivity index is 1.61. The summed E-state index contributed by atoms with van der Waals surface area (Å²) in [5, 5.41) is 11.0. The van der Waals surface area contributed by atoms with Crippen LogP contribution < -0.4 is 10.1 Å². The van der Waals surface area contributed by atoms with Gasteiger partial charge in [0.2, 0.25) is 5.91 Å². The molecule has 1 aliphatic rings. The topological polar surface area (TPSA) is 89.3 Å². The number of hydrogen-bond acceptors (Lipinski definition) is 5. The van der Waals surface area contributed by atoms with E-state index >= 15 is 0 Å². The Hall–Kier alpha value is -2.90. The van der Waals surface area contributed by atoms with E-state index in [2.05, 4.69) is 15.6 Å². The summed E-state index contributed by atoms with van der Waals surface area (Å²) in [4.78, 5) is 26.1. The van der Waals surface area contributed by atoms with Gasteiger partial charge in [-0.05, 0) is 51.0 Å². The third-order valence-electron chi connectivity index (χ3n) is 4.51. The highest BCUT2D eigenvalue weighted by Crippen LogP contribution is 2.17. The lowest BCUT2D eigenvalue weighted by Gasteiger charge is -2.15. The molecule has 1 N–H and O–H groups in total. The maximum absolute atomic E-state index is 12.6. The van der Waals surface area contributed by atoms with Gasteiger partial charge in [-0.25, -0.2) is 4.68 Å². The first-order chi connectivity index (χ1) is 13.1. The second kappa shape index (κ2) is 8.66. The fourth-order valence-corrected chi connectivity index (χ4v) is 3.14. The van der Waals surface area contributed by atoms with Crippen molar-refractivity contribution >= 4 is 11.8 Å². The summed E-state index contributed by atoms with van der Waals surface area (Å²) in [5.74, 6) is 0.745. The van der Waals surface area contributed by atoms with Gasteiger partial charge in [0.15, 0.2) is 5.69 Å². The lowest BCUT2D eigenvalue weighted by Crippen LogP contribution is -2.31. The fraction of sp³-hybridized carbons (Fsp3) is 0.474. The van der Waals surface area contributed by atoms with Gasteiger partial charge in [-0.3, -0.25) is 9.59 Å². The molecule has 8 nitrogen and oxygen atoms in total. The van der Waals surface area contributed by atoms with E-state index in [1.54, 1.807) is 6.92 Å². The molecule has 0 atom stereocenters. The normalized spacial score (nSPS) is 13.9. The lowest BCUT2D eigenvalue weighted by molar-refractivity contribution is -0.127. The molecule has 2 aromatic rings. The van der Waals surface area contributed by atoms with Crippen LogP contribution in [0.2, 0.25) is 0 Å². The van der Waals surface area contributed by atoms with Crippen LogP contribution >= 0.6 is 0 Å². The monoisotopic (exact) mass is 371 g/mol. The van der Waals surface area contributed by atoms with E-state index in [4.69, 9.17) is 4.74 Å². The van der Waals surface area contributed by atoms with Gasteiger partial charge in [-0.2, -0.15) is 0 Å². The van der Waals surface area contributed by atoms with Crippen molar-refractivity contribution < 1.29 is 14.3 Å². The number of ether oxygens (including phenoxy) is 1. The largest absolute Gasteiger partial charge is 0.494 e. The van der Waals surface area contributed by atoms with Crippen LogP contribution in [0.5, 0.6) is 5.75 Å². The third kappa shape index (κ3) is 4.45. The van der Waals surface area contributed by atoms with Crippen molar-refractivity contribution in [2.24, 2.45) is 0 Å². The molecule has 1 aromatic heterocycles. The molecule has 1 fully saturated rings. The molecular weight excluding hydrogens is 346 g/mol.